The number of aliphatic hydroxyl groups excluding tert-OH is 1. The van der Waals surface area contributed by atoms with Crippen molar-refractivity contribution in [2.24, 2.45) is 5.92 Å². The molecule has 2 aliphatic rings. The van der Waals surface area contributed by atoms with E-state index in [0.717, 1.165) is 42.7 Å². The van der Waals surface area contributed by atoms with Gasteiger partial charge in [0.2, 0.25) is 0 Å². The maximum atomic E-state index is 12.3. The fourth-order valence-corrected chi connectivity index (χ4v) is 3.42. The van der Waals surface area contributed by atoms with Crippen LogP contribution in [0.1, 0.15) is 24.0 Å². The van der Waals surface area contributed by atoms with Gasteiger partial charge < -0.3 is 20.1 Å². The Bertz CT molecular complexity index is 565. The molecule has 1 atom stereocenters. The van der Waals surface area contributed by atoms with E-state index in [4.69, 9.17) is 16.3 Å². The Kier molecular flexibility index (Phi) is 4.74. The highest BCUT2D eigenvalue weighted by atomic mass is 35.5. The van der Waals surface area contributed by atoms with Crippen molar-refractivity contribution in [1.82, 2.24) is 10.2 Å². The van der Waals surface area contributed by atoms with E-state index in [-0.39, 0.29) is 18.6 Å². The monoisotopic (exact) mass is 324 g/mol. The smallest absolute Gasteiger partial charge is 0.317 e. The second-order valence-electron chi connectivity index (χ2n) is 5.95. The van der Waals surface area contributed by atoms with Gasteiger partial charge in [-0.25, -0.2) is 4.79 Å². The second kappa shape index (κ2) is 6.75. The van der Waals surface area contributed by atoms with E-state index in [2.05, 4.69) is 5.32 Å². The number of fused-ring (bicyclic) bond motifs is 1. The quantitative estimate of drug-likeness (QED) is 0.896. The molecule has 3 rings (SSSR count). The molecule has 1 unspecified atom stereocenters. The molecule has 1 saturated heterocycles. The molecule has 0 spiro atoms. The van der Waals surface area contributed by atoms with Crippen molar-refractivity contribution >= 4 is 17.6 Å². The number of hydrogen-bond donors (Lipinski definition) is 2. The first kappa shape index (κ1) is 15.4. The Labute approximate surface area is 135 Å². The number of hydrogen-bond acceptors (Lipinski definition) is 3. The van der Waals surface area contributed by atoms with E-state index in [9.17, 15) is 9.90 Å². The Hall–Kier alpha value is -1.46. The second-order valence-corrected chi connectivity index (χ2v) is 6.38. The predicted molar refractivity (Wildman–Crippen MR) is 84.3 cm³/mol. The molecule has 0 aliphatic carbocycles. The highest BCUT2D eigenvalue weighted by molar-refractivity contribution is 6.30. The lowest BCUT2D eigenvalue weighted by atomic mass is 9.99. The van der Waals surface area contributed by atoms with E-state index in [0.29, 0.717) is 24.7 Å². The standard InChI is InChI=1S/C16H21ClN2O3/c17-14-6-12-3-5-22-15(12)13(7-14)8-18-16(21)19-4-1-2-11(9-19)10-20/h6-7,11,20H,1-5,8-10H2,(H,18,21). The molecule has 1 fully saturated rings. The molecule has 6 heteroatoms. The van der Waals surface area contributed by atoms with E-state index >= 15 is 0 Å². The van der Waals surface area contributed by atoms with E-state index in [1.165, 1.54) is 0 Å². The average molecular weight is 325 g/mol. The lowest BCUT2D eigenvalue weighted by molar-refractivity contribution is 0.129. The van der Waals surface area contributed by atoms with Crippen LogP contribution in [0.4, 0.5) is 4.79 Å². The van der Waals surface area contributed by atoms with Crippen LogP contribution in [0.5, 0.6) is 5.75 Å². The summed E-state index contributed by atoms with van der Waals surface area (Å²) >= 11 is 6.12. The van der Waals surface area contributed by atoms with Crippen molar-refractivity contribution in [1.29, 1.82) is 0 Å². The molecular weight excluding hydrogens is 304 g/mol. The van der Waals surface area contributed by atoms with Gasteiger partial charge in [-0.2, -0.15) is 0 Å². The maximum absolute atomic E-state index is 12.3. The number of nitrogens with one attached hydrogen (secondary N) is 1. The van der Waals surface area contributed by atoms with Crippen LogP contribution >= 0.6 is 11.6 Å². The molecule has 2 N–H and O–H groups in total. The number of piperidine rings is 1. The molecular formula is C16H21ClN2O3. The third kappa shape index (κ3) is 3.31. The third-order valence-corrected chi connectivity index (χ3v) is 4.54. The summed E-state index contributed by atoms with van der Waals surface area (Å²) in [4.78, 5) is 14.1. The summed E-state index contributed by atoms with van der Waals surface area (Å²) in [5.74, 6) is 1.05. The summed E-state index contributed by atoms with van der Waals surface area (Å²) in [6, 6.07) is 3.68. The summed E-state index contributed by atoms with van der Waals surface area (Å²) in [6.07, 6.45) is 2.78. The molecule has 0 aromatic heterocycles. The first-order valence-corrected chi connectivity index (χ1v) is 8.13. The molecule has 22 heavy (non-hydrogen) atoms. The summed E-state index contributed by atoms with van der Waals surface area (Å²) in [5.41, 5.74) is 2.03. The van der Waals surface area contributed by atoms with Crippen LogP contribution in [0.15, 0.2) is 12.1 Å². The van der Waals surface area contributed by atoms with E-state index in [1.807, 2.05) is 12.1 Å². The molecule has 2 aliphatic heterocycles. The number of nitrogens with zero attached hydrogens (tertiary/aromatic N) is 1. The van der Waals surface area contributed by atoms with E-state index in [1.54, 1.807) is 4.90 Å². The van der Waals surface area contributed by atoms with Crippen molar-refractivity contribution in [3.05, 3.63) is 28.3 Å². The van der Waals surface area contributed by atoms with Gasteiger partial charge in [-0.05, 0) is 36.5 Å². The van der Waals surface area contributed by atoms with Gasteiger partial charge in [-0.3, -0.25) is 0 Å². The zero-order chi connectivity index (χ0) is 15.5. The minimum atomic E-state index is -0.0927. The Morgan fingerprint density at radius 2 is 2.36 bits per heavy atom. The van der Waals surface area contributed by atoms with Crippen molar-refractivity contribution in [3.8, 4) is 5.75 Å². The lowest BCUT2D eigenvalue weighted by Gasteiger charge is -2.31. The highest BCUT2D eigenvalue weighted by Gasteiger charge is 2.24. The minimum Gasteiger partial charge on any atom is -0.493 e. The fraction of sp³-hybridized carbons (Fsp3) is 0.562. The summed E-state index contributed by atoms with van der Waals surface area (Å²) < 4.78 is 5.64. The number of carbonyl (C=O) groups excluding carboxylic acids is 1. The number of amides is 2. The van der Waals surface area contributed by atoms with Crippen molar-refractivity contribution in [3.63, 3.8) is 0 Å². The van der Waals surface area contributed by atoms with E-state index < -0.39 is 0 Å². The molecule has 1 aromatic rings. The van der Waals surface area contributed by atoms with Gasteiger partial charge >= 0.3 is 6.03 Å². The molecule has 2 amide bonds. The summed E-state index contributed by atoms with van der Waals surface area (Å²) in [5, 5.41) is 12.9. The van der Waals surface area contributed by atoms with Gasteiger partial charge in [0.05, 0.1) is 6.61 Å². The molecule has 0 radical (unpaired) electrons. The van der Waals surface area contributed by atoms with Gasteiger partial charge in [0, 0.05) is 43.2 Å². The number of rotatable bonds is 3. The number of benzene rings is 1. The number of carbonyl (C=O) groups is 1. The zero-order valence-corrected chi connectivity index (χ0v) is 13.2. The van der Waals surface area contributed by atoms with Gasteiger partial charge in [0.25, 0.3) is 0 Å². The first-order valence-electron chi connectivity index (χ1n) is 7.75. The van der Waals surface area contributed by atoms with Crippen LogP contribution in [-0.4, -0.2) is 42.3 Å². The van der Waals surface area contributed by atoms with Gasteiger partial charge in [0.15, 0.2) is 0 Å². The van der Waals surface area contributed by atoms with Gasteiger partial charge in [0.1, 0.15) is 5.75 Å². The van der Waals surface area contributed by atoms with Crippen LogP contribution in [0, 0.1) is 5.92 Å². The fourth-order valence-electron chi connectivity index (χ4n) is 3.16. The maximum Gasteiger partial charge on any atom is 0.317 e. The normalized spacial score (nSPS) is 20.5. The number of aliphatic hydroxyl groups is 1. The summed E-state index contributed by atoms with van der Waals surface area (Å²) in [7, 11) is 0. The zero-order valence-electron chi connectivity index (χ0n) is 12.5. The van der Waals surface area contributed by atoms with Crippen LogP contribution < -0.4 is 10.1 Å². The number of ether oxygens (including phenoxy) is 1. The molecule has 0 bridgehead atoms. The largest absolute Gasteiger partial charge is 0.493 e. The Balaban J connectivity index is 1.62. The topological polar surface area (TPSA) is 61.8 Å². The van der Waals surface area contributed by atoms with Gasteiger partial charge in [-0.15, -0.1) is 0 Å². The average Bonchev–Trinajstić information content (AvgIpc) is 3.00. The van der Waals surface area contributed by atoms with Crippen LogP contribution in [0.25, 0.3) is 0 Å². The predicted octanol–water partition coefficient (Wildman–Crippen LogP) is 2.19. The van der Waals surface area contributed by atoms with Crippen molar-refractivity contribution < 1.29 is 14.6 Å². The molecule has 1 aromatic carbocycles. The van der Waals surface area contributed by atoms with Crippen LogP contribution in [0.2, 0.25) is 5.02 Å². The first-order chi connectivity index (χ1) is 10.7. The van der Waals surface area contributed by atoms with Gasteiger partial charge in [-0.1, -0.05) is 11.6 Å². The van der Waals surface area contributed by atoms with Crippen LogP contribution in [-0.2, 0) is 13.0 Å². The number of likely N-dealkylation sites (tertiary alicyclic amines) is 1. The van der Waals surface area contributed by atoms with Crippen molar-refractivity contribution in [2.75, 3.05) is 26.3 Å². The highest BCUT2D eigenvalue weighted by Crippen LogP contribution is 2.32. The molecule has 120 valence electrons. The third-order valence-electron chi connectivity index (χ3n) is 4.32. The van der Waals surface area contributed by atoms with Crippen molar-refractivity contribution in [2.45, 2.75) is 25.8 Å². The SMILES string of the molecule is O=C(NCc1cc(Cl)cc2c1OCC2)N1CCCC(CO)C1. The molecule has 5 nitrogen and oxygen atoms in total. The minimum absolute atomic E-state index is 0.0927. The number of urea groups is 1. The summed E-state index contributed by atoms with van der Waals surface area (Å²) in [6.45, 7) is 2.57. The van der Waals surface area contributed by atoms with Crippen LogP contribution in [0.3, 0.4) is 0 Å². The number of halogens is 1. The Morgan fingerprint density at radius 1 is 1.50 bits per heavy atom. The Morgan fingerprint density at radius 3 is 3.18 bits per heavy atom. The lowest BCUT2D eigenvalue weighted by Crippen LogP contribution is -2.45. The molecule has 2 heterocycles. The molecule has 0 saturated carbocycles.